The van der Waals surface area contributed by atoms with Gasteiger partial charge in [-0.25, -0.2) is 14.4 Å². The molecule has 0 fully saturated rings. The van der Waals surface area contributed by atoms with Gasteiger partial charge in [-0.2, -0.15) is 0 Å². The van der Waals surface area contributed by atoms with Crippen molar-refractivity contribution >= 4 is 73.6 Å². The van der Waals surface area contributed by atoms with Gasteiger partial charge in [-0.3, -0.25) is 4.57 Å². The average molecular weight is 771 g/mol. The Labute approximate surface area is 334 Å². The highest BCUT2D eigenvalue weighted by Gasteiger charge is 2.47. The summed E-state index contributed by atoms with van der Waals surface area (Å²) in [5, 5.41) is 7.62. The molecule has 0 bridgehead atoms. The molecule has 1 atom stereocenters. The Balaban J connectivity index is 1.10. The fraction of sp³-hybridized carbons (Fsp3) is 0.0400. The van der Waals surface area contributed by atoms with E-state index in [9.17, 15) is 0 Å². The maximum atomic E-state index is 16.9. The lowest BCUT2D eigenvalue weighted by atomic mass is 10.00. The van der Waals surface area contributed by atoms with E-state index in [1.807, 2.05) is 91.7 Å². The van der Waals surface area contributed by atoms with Crippen molar-refractivity contribution in [2.45, 2.75) is 16.0 Å². The first-order valence-electron chi connectivity index (χ1n) is 19.2. The van der Waals surface area contributed by atoms with Crippen LogP contribution < -0.4 is 20.7 Å². The van der Waals surface area contributed by atoms with E-state index < -0.39 is 14.2 Å². The number of aryl methyl sites for hydroxylation is 1. The van der Waals surface area contributed by atoms with Crippen LogP contribution in [0.4, 0.5) is 4.39 Å². The quantitative estimate of drug-likeness (QED) is 0.158. The van der Waals surface area contributed by atoms with E-state index in [0.29, 0.717) is 11.1 Å². The van der Waals surface area contributed by atoms with Gasteiger partial charge >= 0.3 is 0 Å². The van der Waals surface area contributed by atoms with Gasteiger partial charge in [0.2, 0.25) is 0 Å². The molecule has 272 valence electrons. The van der Waals surface area contributed by atoms with E-state index in [2.05, 4.69) is 124 Å². The van der Waals surface area contributed by atoms with E-state index in [4.69, 9.17) is 9.97 Å². The van der Waals surface area contributed by atoms with Gasteiger partial charge in [-0.05, 0) is 92.5 Å². The van der Waals surface area contributed by atoms with Crippen molar-refractivity contribution in [2.24, 2.45) is 7.05 Å². The highest BCUT2D eigenvalue weighted by atomic mass is 32.2. The van der Waals surface area contributed by atoms with Crippen molar-refractivity contribution in [1.82, 2.24) is 19.1 Å². The van der Waals surface area contributed by atoms with E-state index in [0.717, 1.165) is 50.0 Å². The molecule has 7 aromatic carbocycles. The second-order valence-electron chi connectivity index (χ2n) is 14.7. The maximum absolute atomic E-state index is 16.9. The minimum absolute atomic E-state index is 0.584. The fourth-order valence-corrected chi connectivity index (χ4v) is 16.0. The zero-order chi connectivity index (χ0) is 38.1. The van der Waals surface area contributed by atoms with Crippen LogP contribution in [0.1, 0.15) is 17.3 Å². The van der Waals surface area contributed by atoms with Crippen molar-refractivity contribution in [3.8, 4) is 17.1 Å². The molecule has 0 saturated heterocycles. The average Bonchev–Trinajstić information content (AvgIpc) is 3.79. The Kier molecular flexibility index (Phi) is 7.88. The Morgan fingerprint density at radius 2 is 1.28 bits per heavy atom. The minimum Gasteiger partial charge on any atom is -0.327 e. The molecule has 0 spiro atoms. The molecule has 1 unspecified atom stereocenters. The number of hydrogen-bond acceptors (Lipinski definition) is 3. The molecule has 0 N–H and O–H groups in total. The number of aromatic nitrogens is 4. The first-order chi connectivity index (χ1) is 28.1. The molecule has 0 saturated carbocycles. The summed E-state index contributed by atoms with van der Waals surface area (Å²) in [5.74, 6) is 0.810. The number of nitrogens with zero attached hydrogens (tertiary/aromatic N) is 4. The predicted molar refractivity (Wildman–Crippen MR) is 235 cm³/mol. The largest absolute Gasteiger partial charge is 0.327 e. The van der Waals surface area contributed by atoms with Crippen LogP contribution in [0.25, 0.3) is 50.0 Å². The highest BCUT2D eigenvalue weighted by molar-refractivity contribution is 8.00. The molecule has 11 rings (SSSR count). The summed E-state index contributed by atoms with van der Waals surface area (Å²) < 4.78 is 21.2. The number of hydrogen-bond donors (Lipinski definition) is 0. The monoisotopic (exact) mass is 770 g/mol. The zero-order valence-electron chi connectivity index (χ0n) is 31.1. The van der Waals surface area contributed by atoms with E-state index in [1.165, 1.54) is 30.5 Å². The lowest BCUT2D eigenvalue weighted by molar-refractivity contribution is 0.402. The molecule has 0 amide bonds. The first kappa shape index (κ1) is 33.8. The second-order valence-corrected chi connectivity index (χ2v) is 19.5. The van der Waals surface area contributed by atoms with Crippen LogP contribution in [0.3, 0.4) is 0 Å². The summed E-state index contributed by atoms with van der Waals surface area (Å²) in [6.07, 6.45) is 0.501. The Bertz CT molecular complexity index is 3120. The standard InChI is InChI=1S/C50H35FN4SSi/c1-54-42-25-9-8-24-41(42)53-49(54)35-17-12-15-33(29-35)48(51)34-16-13-18-36(30-34)55-43-32-47-45(31-40(43)39-23-14-28-52-50(39)55)56-44-26-10-11-27-46(44)57(47,37-19-4-2-5-20-37)38-21-6-3-7-22-38/h2-32,48H,1H3. The van der Waals surface area contributed by atoms with Gasteiger partial charge in [0.05, 0.1) is 16.6 Å². The Hall–Kier alpha value is -6.54. The molecule has 4 heterocycles. The summed E-state index contributed by atoms with van der Waals surface area (Å²) >= 11 is 1.86. The number of imidazole rings is 1. The van der Waals surface area contributed by atoms with Crippen LogP contribution >= 0.6 is 11.8 Å². The highest BCUT2D eigenvalue weighted by Crippen LogP contribution is 2.40. The third-order valence-electron chi connectivity index (χ3n) is 11.6. The summed E-state index contributed by atoms with van der Waals surface area (Å²) in [6.45, 7) is 0. The molecule has 1 aliphatic rings. The molecular formula is C50H35FN4SSi. The van der Waals surface area contributed by atoms with Gasteiger partial charge in [-0.1, -0.05) is 133 Å². The number of alkyl halides is 1. The molecule has 1 aliphatic heterocycles. The normalized spacial score (nSPS) is 13.8. The van der Waals surface area contributed by atoms with Crippen LogP contribution in [0, 0.1) is 0 Å². The molecule has 3 aromatic heterocycles. The number of fused-ring (bicyclic) bond motifs is 6. The van der Waals surface area contributed by atoms with Crippen LogP contribution in [0.2, 0.25) is 0 Å². The topological polar surface area (TPSA) is 35.6 Å². The van der Waals surface area contributed by atoms with Gasteiger partial charge in [0.1, 0.15) is 11.5 Å². The van der Waals surface area contributed by atoms with E-state index in [1.54, 1.807) is 0 Å². The molecule has 4 nitrogen and oxygen atoms in total. The van der Waals surface area contributed by atoms with Crippen LogP contribution in [0.5, 0.6) is 0 Å². The summed E-state index contributed by atoms with van der Waals surface area (Å²) in [7, 11) is -0.801. The van der Waals surface area contributed by atoms with Crippen LogP contribution in [0.15, 0.2) is 198 Å². The lowest BCUT2D eigenvalue weighted by Crippen LogP contribution is -2.76. The van der Waals surface area contributed by atoms with E-state index in [-0.39, 0.29) is 0 Å². The SMILES string of the molecule is Cn1c(-c2cccc(C(F)c3cccc(-n4c5cc6c(cc5c5cccnc54)Sc4ccccc4[Si]6(c4ccccc4)c4ccccc4)c3)c2)nc2ccccc21. The zero-order valence-corrected chi connectivity index (χ0v) is 32.9. The number of halogens is 1. The second kappa shape index (κ2) is 13.3. The third kappa shape index (κ3) is 5.19. The molecule has 0 radical (unpaired) electrons. The number of pyridine rings is 1. The summed E-state index contributed by atoms with van der Waals surface area (Å²) in [4.78, 5) is 12.4. The van der Waals surface area contributed by atoms with Crippen LogP contribution in [-0.2, 0) is 7.05 Å². The van der Waals surface area contributed by atoms with Gasteiger partial charge < -0.3 is 4.57 Å². The Morgan fingerprint density at radius 3 is 2.07 bits per heavy atom. The van der Waals surface area contributed by atoms with Gasteiger partial charge in [0, 0.05) is 45.1 Å². The Morgan fingerprint density at radius 1 is 0.579 bits per heavy atom. The van der Waals surface area contributed by atoms with Crippen molar-refractivity contribution < 1.29 is 4.39 Å². The van der Waals surface area contributed by atoms with Gasteiger partial charge in [0.15, 0.2) is 14.2 Å². The fourth-order valence-electron chi connectivity index (χ4n) is 9.05. The van der Waals surface area contributed by atoms with Crippen LogP contribution in [-0.4, -0.2) is 27.2 Å². The molecule has 7 heteroatoms. The number of rotatable bonds is 6. The number of para-hydroxylation sites is 2. The molecule has 0 aliphatic carbocycles. The summed E-state index contributed by atoms with van der Waals surface area (Å²) in [5.41, 5.74) is 6.78. The van der Waals surface area contributed by atoms with Gasteiger partial charge in [-0.15, -0.1) is 0 Å². The molecule has 10 aromatic rings. The summed E-state index contributed by atoms with van der Waals surface area (Å²) in [6, 6.07) is 63.8. The molecular weight excluding hydrogens is 736 g/mol. The van der Waals surface area contributed by atoms with Crippen molar-refractivity contribution in [2.75, 3.05) is 0 Å². The number of benzene rings is 7. The maximum Gasteiger partial charge on any atom is 0.181 e. The third-order valence-corrected chi connectivity index (χ3v) is 18.0. The molecule has 57 heavy (non-hydrogen) atoms. The minimum atomic E-state index is -2.81. The van der Waals surface area contributed by atoms with Crippen molar-refractivity contribution in [3.05, 3.63) is 199 Å². The first-order valence-corrected chi connectivity index (χ1v) is 22.0. The lowest BCUT2D eigenvalue weighted by Gasteiger charge is -2.40. The van der Waals surface area contributed by atoms with Gasteiger partial charge in [0.25, 0.3) is 0 Å². The van der Waals surface area contributed by atoms with E-state index >= 15 is 4.39 Å². The predicted octanol–water partition coefficient (Wildman–Crippen LogP) is 9.63. The smallest absolute Gasteiger partial charge is 0.181 e. The van der Waals surface area contributed by atoms with Crippen molar-refractivity contribution in [1.29, 1.82) is 0 Å². The van der Waals surface area contributed by atoms with Crippen molar-refractivity contribution in [3.63, 3.8) is 0 Å².